The Morgan fingerprint density at radius 1 is 1.10 bits per heavy atom. The fraction of sp³-hybridized carbons (Fsp3) is 0.250. The Morgan fingerprint density at radius 2 is 1.85 bits per heavy atom. The van der Waals surface area contributed by atoms with Crippen LogP contribution in [0.3, 0.4) is 0 Å². The second-order valence-corrected chi connectivity index (χ2v) is 12.3. The van der Waals surface area contributed by atoms with Gasteiger partial charge >= 0.3 is 12.1 Å². The lowest BCUT2D eigenvalue weighted by Crippen LogP contribution is -2.31. The van der Waals surface area contributed by atoms with Gasteiger partial charge in [-0.2, -0.15) is 0 Å². The van der Waals surface area contributed by atoms with Crippen molar-refractivity contribution in [3.05, 3.63) is 88.0 Å². The average Bonchev–Trinajstić information content (AvgIpc) is 3.59. The maximum absolute atomic E-state index is 13.1. The molecule has 2 N–H and O–H groups in total. The number of imidazole rings is 1. The number of thiophene rings is 1. The molecule has 0 saturated heterocycles. The molecule has 40 heavy (non-hydrogen) atoms. The molecule has 1 amide bonds. The lowest BCUT2D eigenvalue weighted by Gasteiger charge is -2.13. The van der Waals surface area contributed by atoms with Crippen LogP contribution in [0.1, 0.15) is 46.5 Å². The van der Waals surface area contributed by atoms with E-state index in [1.807, 2.05) is 28.3 Å². The lowest BCUT2D eigenvalue weighted by molar-refractivity contribution is 0.0681. The van der Waals surface area contributed by atoms with E-state index >= 15 is 0 Å². The molecule has 0 bridgehead atoms. The maximum Gasteiger partial charge on any atom is 0.421 e. The summed E-state index contributed by atoms with van der Waals surface area (Å²) in [7, 11) is -4.22. The molecule has 0 unspecified atom stereocenters. The number of aromatic nitrogens is 2. The largest absolute Gasteiger partial charge is 0.476 e. The number of benzene rings is 2. The molecule has 0 spiro atoms. The van der Waals surface area contributed by atoms with E-state index in [9.17, 15) is 23.1 Å². The first-order valence-electron chi connectivity index (χ1n) is 12.5. The minimum Gasteiger partial charge on any atom is -0.476 e. The van der Waals surface area contributed by atoms with Crippen LogP contribution >= 0.6 is 23.1 Å². The number of carboxylic acids is 1. The number of nitrogens with one attached hydrogen (secondary N) is 1. The zero-order chi connectivity index (χ0) is 28.7. The van der Waals surface area contributed by atoms with Crippen molar-refractivity contribution in [2.45, 2.75) is 49.3 Å². The molecule has 0 atom stereocenters. The molecule has 2 aromatic carbocycles. The van der Waals surface area contributed by atoms with Gasteiger partial charge in [0.05, 0.1) is 4.90 Å². The molecule has 2 aromatic heterocycles. The van der Waals surface area contributed by atoms with Gasteiger partial charge in [0, 0.05) is 23.4 Å². The van der Waals surface area contributed by atoms with Crippen molar-refractivity contribution in [3.63, 3.8) is 0 Å². The van der Waals surface area contributed by atoms with Crippen LogP contribution in [0, 0.1) is 0 Å². The fourth-order valence-electron chi connectivity index (χ4n) is 4.16. The van der Waals surface area contributed by atoms with Crippen LogP contribution in [0.15, 0.2) is 76.0 Å². The number of unbranched alkanes of at least 4 members (excludes halogenated alkanes) is 1. The van der Waals surface area contributed by atoms with Crippen molar-refractivity contribution in [1.82, 2.24) is 14.3 Å². The van der Waals surface area contributed by atoms with Gasteiger partial charge in [-0.05, 0) is 41.3 Å². The first kappa shape index (κ1) is 29.4. The minimum absolute atomic E-state index is 0.0266. The molecule has 4 rings (SSSR count). The van der Waals surface area contributed by atoms with Gasteiger partial charge in [-0.1, -0.05) is 61.9 Å². The summed E-state index contributed by atoms with van der Waals surface area (Å²) < 4.78 is 35.0. The van der Waals surface area contributed by atoms with Crippen LogP contribution in [0.2, 0.25) is 0 Å². The molecular formula is C28H29N3O6S3. The van der Waals surface area contributed by atoms with Gasteiger partial charge in [-0.15, -0.1) is 23.1 Å². The molecule has 0 fully saturated rings. The van der Waals surface area contributed by atoms with E-state index in [1.165, 1.54) is 29.2 Å². The van der Waals surface area contributed by atoms with Gasteiger partial charge in [0.25, 0.3) is 10.0 Å². The summed E-state index contributed by atoms with van der Waals surface area (Å²) in [5, 5.41) is 12.2. The third-order valence-electron chi connectivity index (χ3n) is 6.09. The highest BCUT2D eigenvalue weighted by Gasteiger charge is 2.24. The number of carbonyl (C=O) groups excluding carboxylic acids is 1. The Morgan fingerprint density at radius 3 is 2.50 bits per heavy atom. The summed E-state index contributed by atoms with van der Waals surface area (Å²) in [6.45, 7) is 2.36. The number of hydrogen-bond donors (Lipinski definition) is 2. The Labute approximate surface area is 241 Å². The van der Waals surface area contributed by atoms with Crippen molar-refractivity contribution in [1.29, 1.82) is 0 Å². The maximum atomic E-state index is 13.1. The standard InChI is InChI=1S/C28H29N3O6S3/c1-3-4-11-24-29-26(38-2)25(27(32)33)31(24)17-19-12-14-20(15-13-19)22-9-5-6-10-23(22)40(35,36)30-28(34)37-18-21-8-7-16-39-21/h5-10,12-16H,3-4,11,17-18H2,1-2H3,(H,30,34)(H,32,33). The molecule has 0 aliphatic rings. The van der Waals surface area contributed by atoms with Gasteiger partial charge in [0.15, 0.2) is 5.69 Å². The SMILES string of the molecule is CCCCc1nc(SC)c(C(=O)O)n1Cc1ccc(-c2ccccc2S(=O)(=O)NC(=O)OCc2cccs2)cc1. The first-order valence-corrected chi connectivity index (χ1v) is 16.1. The second kappa shape index (κ2) is 13.2. The van der Waals surface area contributed by atoms with Crippen molar-refractivity contribution in [2.75, 3.05) is 6.26 Å². The van der Waals surface area contributed by atoms with Crippen LogP contribution in [0.25, 0.3) is 11.1 Å². The predicted octanol–water partition coefficient (Wildman–Crippen LogP) is 6.04. The Kier molecular flexibility index (Phi) is 9.67. The molecule has 12 heteroatoms. The first-order chi connectivity index (χ1) is 19.2. The lowest BCUT2D eigenvalue weighted by atomic mass is 10.0. The van der Waals surface area contributed by atoms with Gasteiger partial charge in [0.2, 0.25) is 0 Å². The van der Waals surface area contributed by atoms with Gasteiger partial charge in [-0.25, -0.2) is 27.7 Å². The van der Waals surface area contributed by atoms with Gasteiger partial charge < -0.3 is 14.4 Å². The number of carbonyl (C=O) groups is 2. The third kappa shape index (κ3) is 6.93. The topological polar surface area (TPSA) is 128 Å². The van der Waals surface area contributed by atoms with E-state index in [2.05, 4.69) is 11.9 Å². The molecule has 0 aliphatic heterocycles. The normalized spacial score (nSPS) is 11.3. The molecule has 0 aliphatic carbocycles. The number of hydrogen-bond acceptors (Lipinski definition) is 8. The van der Waals surface area contributed by atoms with Gasteiger partial charge in [-0.3, -0.25) is 0 Å². The number of carboxylic acid groups (broad SMARTS) is 1. The monoisotopic (exact) mass is 599 g/mol. The van der Waals surface area contributed by atoms with Crippen LogP contribution in [-0.2, 0) is 34.3 Å². The average molecular weight is 600 g/mol. The van der Waals surface area contributed by atoms with E-state index < -0.39 is 22.1 Å². The Bertz CT molecular complexity index is 1580. The highest BCUT2D eigenvalue weighted by Crippen LogP contribution is 2.29. The zero-order valence-corrected chi connectivity index (χ0v) is 24.4. The quantitative estimate of drug-likeness (QED) is 0.189. The van der Waals surface area contributed by atoms with Crippen molar-refractivity contribution >= 4 is 45.2 Å². The summed E-state index contributed by atoms with van der Waals surface area (Å²) in [5.74, 6) is -0.307. The van der Waals surface area contributed by atoms with Crippen LogP contribution in [0.4, 0.5) is 4.79 Å². The fourth-order valence-corrected chi connectivity index (χ4v) is 6.48. The summed E-state index contributed by atoms with van der Waals surface area (Å²) in [4.78, 5) is 29.6. The van der Waals surface area contributed by atoms with Crippen molar-refractivity contribution in [2.24, 2.45) is 0 Å². The van der Waals surface area contributed by atoms with E-state index in [0.717, 1.165) is 29.1 Å². The number of aromatic carboxylic acids is 1. The number of aryl methyl sites for hydroxylation is 1. The van der Waals surface area contributed by atoms with E-state index in [1.54, 1.807) is 47.2 Å². The smallest absolute Gasteiger partial charge is 0.421 e. The third-order valence-corrected chi connectivity index (χ3v) is 8.98. The number of sulfonamides is 1. The minimum atomic E-state index is -4.22. The van der Waals surface area contributed by atoms with E-state index in [0.29, 0.717) is 29.1 Å². The molecule has 9 nitrogen and oxygen atoms in total. The number of ether oxygens (including phenoxy) is 1. The molecule has 0 radical (unpaired) electrons. The summed E-state index contributed by atoms with van der Waals surface area (Å²) in [6, 6.07) is 17.2. The summed E-state index contributed by atoms with van der Waals surface area (Å²) >= 11 is 2.70. The molecular weight excluding hydrogens is 571 g/mol. The molecule has 2 heterocycles. The number of nitrogens with zero attached hydrogens (tertiary/aromatic N) is 2. The second-order valence-electron chi connectivity index (χ2n) is 8.83. The summed E-state index contributed by atoms with van der Waals surface area (Å²) in [5.41, 5.74) is 2.03. The highest BCUT2D eigenvalue weighted by molar-refractivity contribution is 7.98. The Balaban J connectivity index is 1.56. The molecule has 210 valence electrons. The van der Waals surface area contributed by atoms with Crippen LogP contribution in [-0.4, -0.2) is 41.4 Å². The predicted molar refractivity (Wildman–Crippen MR) is 155 cm³/mol. The van der Waals surface area contributed by atoms with E-state index in [-0.39, 0.29) is 17.2 Å². The highest BCUT2D eigenvalue weighted by atomic mass is 32.2. The Hall–Kier alpha value is -3.61. The number of rotatable bonds is 12. The number of amides is 1. The van der Waals surface area contributed by atoms with Crippen molar-refractivity contribution < 1.29 is 27.9 Å². The number of thioether (sulfide) groups is 1. The zero-order valence-electron chi connectivity index (χ0n) is 22.0. The van der Waals surface area contributed by atoms with Crippen LogP contribution < -0.4 is 4.72 Å². The van der Waals surface area contributed by atoms with Gasteiger partial charge in [0.1, 0.15) is 17.5 Å². The molecule has 0 saturated carbocycles. The summed E-state index contributed by atoms with van der Waals surface area (Å²) in [6.07, 6.45) is 3.27. The van der Waals surface area contributed by atoms with Crippen LogP contribution in [0.5, 0.6) is 0 Å². The van der Waals surface area contributed by atoms with Crippen molar-refractivity contribution in [3.8, 4) is 11.1 Å². The molecule has 4 aromatic rings. The van der Waals surface area contributed by atoms with E-state index in [4.69, 9.17) is 4.74 Å².